The Morgan fingerprint density at radius 1 is 1.69 bits per heavy atom. The molecule has 0 spiro atoms. The Morgan fingerprint density at radius 2 is 2.50 bits per heavy atom. The third-order valence-electron chi connectivity index (χ3n) is 2.00. The number of aromatic amines is 1. The lowest BCUT2D eigenvalue weighted by Gasteiger charge is -1.94. The molecule has 2 aromatic rings. The van der Waals surface area contributed by atoms with Gasteiger partial charge in [-0.2, -0.15) is 0 Å². The Balaban J connectivity index is 2.16. The Bertz CT molecular complexity index is 506. The van der Waals surface area contributed by atoms with E-state index in [4.69, 9.17) is 0 Å². The van der Waals surface area contributed by atoms with Crippen molar-refractivity contribution < 1.29 is 9.53 Å². The van der Waals surface area contributed by atoms with Gasteiger partial charge in [-0.1, -0.05) is 0 Å². The zero-order chi connectivity index (χ0) is 11.5. The van der Waals surface area contributed by atoms with E-state index in [1.165, 1.54) is 7.11 Å². The minimum absolute atomic E-state index is 0.170. The molecule has 0 aliphatic rings. The summed E-state index contributed by atoms with van der Waals surface area (Å²) in [6.07, 6.45) is 1.89. The van der Waals surface area contributed by atoms with Crippen molar-refractivity contribution in [3.8, 4) is 10.6 Å². The Labute approximate surface area is 105 Å². The molecule has 2 rings (SSSR count). The van der Waals surface area contributed by atoms with Crippen molar-refractivity contribution >= 4 is 33.2 Å². The van der Waals surface area contributed by atoms with Crippen molar-refractivity contribution in [2.24, 2.45) is 0 Å². The summed E-state index contributed by atoms with van der Waals surface area (Å²) in [7, 11) is 1.36. The second-order valence-corrected chi connectivity index (χ2v) is 4.95. The number of carbonyl (C=O) groups excluding carboxylic acids is 1. The number of esters is 1. The van der Waals surface area contributed by atoms with Crippen LogP contribution in [0.2, 0.25) is 0 Å². The minimum atomic E-state index is -0.298. The number of hydrogen-bond acceptors (Lipinski definition) is 4. The number of nitrogens with zero attached hydrogens (tertiary/aromatic N) is 1. The van der Waals surface area contributed by atoms with Gasteiger partial charge in [-0.05, 0) is 22.0 Å². The molecule has 84 valence electrons. The Hall–Kier alpha value is -1.14. The normalized spacial score (nSPS) is 10.4. The number of carbonyl (C=O) groups is 1. The molecule has 16 heavy (non-hydrogen) atoms. The van der Waals surface area contributed by atoms with Crippen LogP contribution in [0.1, 0.15) is 5.82 Å². The Kier molecular flexibility index (Phi) is 3.40. The van der Waals surface area contributed by atoms with Gasteiger partial charge in [0.15, 0.2) is 0 Å². The summed E-state index contributed by atoms with van der Waals surface area (Å²) in [5.41, 5.74) is 0.912. The summed E-state index contributed by atoms with van der Waals surface area (Å²) < 4.78 is 5.61. The maximum atomic E-state index is 11.0. The second-order valence-electron chi connectivity index (χ2n) is 3.13. The first kappa shape index (κ1) is 11.3. The summed E-state index contributed by atoms with van der Waals surface area (Å²) >= 11 is 5.00. The average molecular weight is 301 g/mol. The zero-order valence-electron chi connectivity index (χ0n) is 8.49. The van der Waals surface area contributed by atoms with Gasteiger partial charge in [0.05, 0.1) is 23.9 Å². The second kappa shape index (κ2) is 4.80. The maximum Gasteiger partial charge on any atom is 0.313 e. The number of hydrogen-bond donors (Lipinski definition) is 1. The van der Waals surface area contributed by atoms with E-state index in [0.29, 0.717) is 5.82 Å². The van der Waals surface area contributed by atoms with Gasteiger partial charge in [0.1, 0.15) is 12.2 Å². The molecule has 0 radical (unpaired) electrons. The summed E-state index contributed by atoms with van der Waals surface area (Å²) in [6.45, 7) is 0. The van der Waals surface area contributed by atoms with Crippen molar-refractivity contribution in [2.75, 3.05) is 7.11 Å². The quantitative estimate of drug-likeness (QED) is 0.887. The minimum Gasteiger partial charge on any atom is -0.469 e. The number of ether oxygens (including phenoxy) is 1. The molecule has 4 nitrogen and oxygen atoms in total. The summed E-state index contributed by atoms with van der Waals surface area (Å²) in [4.78, 5) is 19.3. The van der Waals surface area contributed by atoms with Crippen LogP contribution in [0.5, 0.6) is 0 Å². The first-order chi connectivity index (χ1) is 7.69. The maximum absolute atomic E-state index is 11.0. The molecule has 1 N–H and O–H groups in total. The van der Waals surface area contributed by atoms with E-state index >= 15 is 0 Å². The number of aromatic nitrogens is 2. The van der Waals surface area contributed by atoms with Crippen molar-refractivity contribution in [3.05, 3.63) is 27.9 Å². The molecule has 0 aliphatic carbocycles. The van der Waals surface area contributed by atoms with E-state index < -0.39 is 0 Å². The van der Waals surface area contributed by atoms with Crippen molar-refractivity contribution in [1.29, 1.82) is 0 Å². The van der Waals surface area contributed by atoms with Crippen LogP contribution in [0.3, 0.4) is 0 Å². The highest BCUT2D eigenvalue weighted by atomic mass is 79.9. The first-order valence-electron chi connectivity index (χ1n) is 4.54. The van der Waals surface area contributed by atoms with Gasteiger partial charge in [-0.15, -0.1) is 11.3 Å². The molecule has 0 aliphatic heterocycles. The number of halogens is 1. The lowest BCUT2D eigenvalue weighted by atomic mass is 10.4. The highest BCUT2D eigenvalue weighted by molar-refractivity contribution is 9.10. The van der Waals surface area contributed by atoms with Crippen LogP contribution in [-0.4, -0.2) is 23.0 Å². The highest BCUT2D eigenvalue weighted by Gasteiger charge is 2.09. The third-order valence-corrected chi connectivity index (χ3v) is 3.73. The van der Waals surface area contributed by atoms with Crippen LogP contribution < -0.4 is 0 Å². The topological polar surface area (TPSA) is 55.0 Å². The lowest BCUT2D eigenvalue weighted by molar-refractivity contribution is -0.139. The lowest BCUT2D eigenvalue weighted by Crippen LogP contribution is -2.05. The molecule has 0 bridgehead atoms. The summed E-state index contributed by atoms with van der Waals surface area (Å²) in [6, 6.07) is 2.00. The van der Waals surface area contributed by atoms with E-state index in [-0.39, 0.29) is 12.4 Å². The van der Waals surface area contributed by atoms with E-state index in [2.05, 4.69) is 30.6 Å². The Morgan fingerprint density at radius 3 is 3.12 bits per heavy atom. The fraction of sp³-hybridized carbons (Fsp3) is 0.200. The molecule has 2 aromatic heterocycles. The van der Waals surface area contributed by atoms with Gasteiger partial charge in [0.2, 0.25) is 0 Å². The van der Waals surface area contributed by atoms with Crippen molar-refractivity contribution in [1.82, 2.24) is 9.97 Å². The number of imidazole rings is 1. The van der Waals surface area contributed by atoms with Crippen LogP contribution in [0, 0.1) is 0 Å². The zero-order valence-corrected chi connectivity index (χ0v) is 10.9. The fourth-order valence-corrected chi connectivity index (χ4v) is 2.63. The molecular weight excluding hydrogens is 292 g/mol. The SMILES string of the molecule is COC(=O)Cc1ncc(-c2cc(Br)cs2)[nH]1. The molecule has 2 heterocycles. The predicted molar refractivity (Wildman–Crippen MR) is 65.3 cm³/mol. The largest absolute Gasteiger partial charge is 0.469 e. The molecule has 0 unspecified atom stereocenters. The molecule has 0 amide bonds. The number of rotatable bonds is 3. The van der Waals surface area contributed by atoms with Crippen molar-refractivity contribution in [3.63, 3.8) is 0 Å². The molecular formula is C10H9BrN2O2S. The smallest absolute Gasteiger partial charge is 0.313 e. The van der Waals surface area contributed by atoms with E-state index in [0.717, 1.165) is 15.0 Å². The predicted octanol–water partition coefficient (Wildman–Crippen LogP) is 2.62. The third kappa shape index (κ3) is 2.51. The van der Waals surface area contributed by atoms with Crippen LogP contribution in [0.4, 0.5) is 0 Å². The summed E-state index contributed by atoms with van der Waals surface area (Å²) in [5.74, 6) is 0.319. The van der Waals surface area contributed by atoms with Gasteiger partial charge >= 0.3 is 5.97 Å². The number of thiophene rings is 1. The van der Waals surface area contributed by atoms with Crippen LogP contribution in [0.15, 0.2) is 22.1 Å². The molecule has 0 fully saturated rings. The van der Waals surface area contributed by atoms with E-state index in [1.807, 2.05) is 11.4 Å². The molecule has 0 saturated heterocycles. The molecule has 0 aromatic carbocycles. The van der Waals surface area contributed by atoms with Gasteiger partial charge in [-0.3, -0.25) is 4.79 Å². The highest BCUT2D eigenvalue weighted by Crippen LogP contribution is 2.28. The standard InChI is InChI=1S/C10H9BrN2O2S/c1-15-10(14)3-9-12-4-7(13-9)8-2-6(11)5-16-8/h2,4-5H,3H2,1H3,(H,12,13). The van der Waals surface area contributed by atoms with Crippen LogP contribution in [0.25, 0.3) is 10.6 Å². The molecule has 6 heteroatoms. The number of H-pyrrole nitrogens is 1. The van der Waals surface area contributed by atoms with Gasteiger partial charge < -0.3 is 9.72 Å². The monoisotopic (exact) mass is 300 g/mol. The summed E-state index contributed by atoms with van der Waals surface area (Å²) in [5, 5.41) is 2.00. The van der Waals surface area contributed by atoms with Gasteiger partial charge in [-0.25, -0.2) is 4.98 Å². The van der Waals surface area contributed by atoms with E-state index in [1.54, 1.807) is 17.5 Å². The number of nitrogens with one attached hydrogen (secondary N) is 1. The first-order valence-corrected chi connectivity index (χ1v) is 6.21. The van der Waals surface area contributed by atoms with Gasteiger partial charge in [0.25, 0.3) is 0 Å². The van der Waals surface area contributed by atoms with Crippen molar-refractivity contribution in [2.45, 2.75) is 6.42 Å². The van der Waals surface area contributed by atoms with Gasteiger partial charge in [0, 0.05) is 9.85 Å². The number of methoxy groups -OCH3 is 1. The fourth-order valence-electron chi connectivity index (χ4n) is 1.24. The van der Waals surface area contributed by atoms with Crippen LogP contribution in [-0.2, 0) is 16.0 Å². The molecule has 0 atom stereocenters. The van der Waals surface area contributed by atoms with Crippen LogP contribution >= 0.6 is 27.3 Å². The average Bonchev–Trinajstić information content (AvgIpc) is 2.87. The molecule has 0 saturated carbocycles. The van der Waals surface area contributed by atoms with E-state index in [9.17, 15) is 4.79 Å².